The SMILES string of the molecule is Cc1ccccc1-c1ncoc1-c1ccccc1S(N)(=O)=O. The van der Waals surface area contributed by atoms with E-state index in [0.29, 0.717) is 17.0 Å². The van der Waals surface area contributed by atoms with Crippen LogP contribution in [0.25, 0.3) is 22.6 Å². The van der Waals surface area contributed by atoms with Crippen molar-refractivity contribution >= 4 is 10.0 Å². The average molecular weight is 314 g/mol. The maximum Gasteiger partial charge on any atom is 0.238 e. The molecule has 0 unspecified atom stereocenters. The lowest BCUT2D eigenvalue weighted by molar-refractivity contribution is 0.569. The zero-order valence-corrected chi connectivity index (χ0v) is 12.7. The van der Waals surface area contributed by atoms with Crippen LogP contribution in [0.4, 0.5) is 0 Å². The summed E-state index contributed by atoms with van der Waals surface area (Å²) >= 11 is 0. The number of primary sulfonamides is 1. The van der Waals surface area contributed by atoms with Crippen LogP contribution in [0.5, 0.6) is 0 Å². The Morgan fingerprint density at radius 3 is 2.32 bits per heavy atom. The molecule has 0 amide bonds. The van der Waals surface area contributed by atoms with Crippen molar-refractivity contribution in [2.24, 2.45) is 5.14 Å². The first-order valence-corrected chi connectivity index (χ1v) is 8.15. The summed E-state index contributed by atoms with van der Waals surface area (Å²) in [5, 5.41) is 5.29. The normalized spacial score (nSPS) is 11.5. The van der Waals surface area contributed by atoms with E-state index in [2.05, 4.69) is 4.98 Å². The number of sulfonamides is 1. The molecule has 0 bridgehead atoms. The van der Waals surface area contributed by atoms with E-state index in [0.717, 1.165) is 11.1 Å². The minimum absolute atomic E-state index is 0.0154. The summed E-state index contributed by atoms with van der Waals surface area (Å²) in [5.41, 5.74) is 2.90. The highest BCUT2D eigenvalue weighted by atomic mass is 32.2. The first-order valence-electron chi connectivity index (χ1n) is 6.60. The fraction of sp³-hybridized carbons (Fsp3) is 0.0625. The number of hydrogen-bond acceptors (Lipinski definition) is 4. The van der Waals surface area contributed by atoms with Crippen molar-refractivity contribution in [3.63, 3.8) is 0 Å². The summed E-state index contributed by atoms with van der Waals surface area (Å²) in [6, 6.07) is 14.1. The summed E-state index contributed by atoms with van der Waals surface area (Å²) in [7, 11) is -3.86. The highest BCUT2D eigenvalue weighted by molar-refractivity contribution is 7.89. The fourth-order valence-electron chi connectivity index (χ4n) is 2.37. The van der Waals surface area contributed by atoms with Crippen molar-refractivity contribution in [3.8, 4) is 22.6 Å². The molecule has 0 spiro atoms. The molecule has 0 saturated carbocycles. The predicted molar refractivity (Wildman–Crippen MR) is 83.5 cm³/mol. The van der Waals surface area contributed by atoms with Gasteiger partial charge in [0.2, 0.25) is 10.0 Å². The van der Waals surface area contributed by atoms with Crippen LogP contribution in [0, 0.1) is 6.92 Å². The lowest BCUT2D eigenvalue weighted by Crippen LogP contribution is -2.13. The topological polar surface area (TPSA) is 86.2 Å². The molecule has 2 aromatic carbocycles. The molecule has 0 aliphatic carbocycles. The van der Waals surface area contributed by atoms with Crippen molar-refractivity contribution in [1.82, 2.24) is 4.98 Å². The van der Waals surface area contributed by atoms with Crippen LogP contribution in [0.2, 0.25) is 0 Å². The summed E-state index contributed by atoms with van der Waals surface area (Å²) in [4.78, 5) is 4.26. The average Bonchev–Trinajstić information content (AvgIpc) is 2.96. The van der Waals surface area contributed by atoms with Gasteiger partial charge in [0.05, 0.1) is 4.90 Å². The molecule has 3 aromatic rings. The van der Waals surface area contributed by atoms with Crippen LogP contribution < -0.4 is 5.14 Å². The minimum Gasteiger partial charge on any atom is -0.443 e. The number of oxazole rings is 1. The molecule has 112 valence electrons. The Labute approximate surface area is 128 Å². The van der Waals surface area contributed by atoms with Gasteiger partial charge < -0.3 is 4.42 Å². The molecule has 0 aliphatic heterocycles. The van der Waals surface area contributed by atoms with E-state index in [-0.39, 0.29) is 4.90 Å². The van der Waals surface area contributed by atoms with E-state index in [1.807, 2.05) is 31.2 Å². The van der Waals surface area contributed by atoms with Gasteiger partial charge in [0.15, 0.2) is 12.2 Å². The molecule has 0 aliphatic rings. The van der Waals surface area contributed by atoms with Gasteiger partial charge in [-0.3, -0.25) is 0 Å². The fourth-order valence-corrected chi connectivity index (χ4v) is 3.11. The molecule has 0 saturated heterocycles. The number of benzene rings is 2. The number of nitrogens with zero attached hydrogens (tertiary/aromatic N) is 1. The van der Waals surface area contributed by atoms with Gasteiger partial charge in [-0.2, -0.15) is 0 Å². The Kier molecular flexibility index (Phi) is 3.56. The number of aromatic nitrogens is 1. The lowest BCUT2D eigenvalue weighted by Gasteiger charge is -2.08. The second-order valence-corrected chi connectivity index (χ2v) is 6.42. The van der Waals surface area contributed by atoms with Gasteiger partial charge in [0.25, 0.3) is 0 Å². The van der Waals surface area contributed by atoms with Gasteiger partial charge in [-0.05, 0) is 24.6 Å². The number of hydrogen-bond donors (Lipinski definition) is 1. The maximum absolute atomic E-state index is 11.8. The number of aryl methyl sites for hydroxylation is 1. The summed E-state index contributed by atoms with van der Waals surface area (Å²) in [5.74, 6) is 0.388. The van der Waals surface area contributed by atoms with E-state index in [1.54, 1.807) is 18.2 Å². The quantitative estimate of drug-likeness (QED) is 0.805. The summed E-state index contributed by atoms with van der Waals surface area (Å²) in [6.07, 6.45) is 1.30. The molecule has 2 N–H and O–H groups in total. The largest absolute Gasteiger partial charge is 0.443 e. The summed E-state index contributed by atoms with van der Waals surface area (Å²) < 4.78 is 29.0. The maximum atomic E-state index is 11.8. The van der Waals surface area contributed by atoms with E-state index in [4.69, 9.17) is 9.56 Å². The second-order valence-electron chi connectivity index (χ2n) is 4.89. The molecule has 1 aromatic heterocycles. The van der Waals surface area contributed by atoms with Crippen LogP contribution >= 0.6 is 0 Å². The Bertz CT molecular complexity index is 930. The Morgan fingerprint density at radius 2 is 1.64 bits per heavy atom. The van der Waals surface area contributed by atoms with Crippen molar-refractivity contribution in [2.45, 2.75) is 11.8 Å². The zero-order valence-electron chi connectivity index (χ0n) is 11.9. The lowest BCUT2D eigenvalue weighted by atomic mass is 10.0. The van der Waals surface area contributed by atoms with E-state index < -0.39 is 10.0 Å². The minimum atomic E-state index is -3.86. The first-order chi connectivity index (χ1) is 10.5. The Hall–Kier alpha value is -2.44. The third-order valence-electron chi connectivity index (χ3n) is 3.41. The molecule has 0 radical (unpaired) electrons. The van der Waals surface area contributed by atoms with Crippen LogP contribution in [-0.4, -0.2) is 13.4 Å². The van der Waals surface area contributed by atoms with Crippen LogP contribution in [0.3, 0.4) is 0 Å². The molecule has 6 heteroatoms. The van der Waals surface area contributed by atoms with Crippen molar-refractivity contribution in [1.29, 1.82) is 0 Å². The van der Waals surface area contributed by atoms with Crippen molar-refractivity contribution in [2.75, 3.05) is 0 Å². The van der Waals surface area contributed by atoms with Crippen LogP contribution in [-0.2, 0) is 10.0 Å². The van der Waals surface area contributed by atoms with E-state index in [9.17, 15) is 8.42 Å². The van der Waals surface area contributed by atoms with Crippen LogP contribution in [0.1, 0.15) is 5.56 Å². The van der Waals surface area contributed by atoms with E-state index >= 15 is 0 Å². The van der Waals surface area contributed by atoms with Crippen molar-refractivity contribution in [3.05, 3.63) is 60.5 Å². The summed E-state index contributed by atoms with van der Waals surface area (Å²) in [6.45, 7) is 1.96. The Balaban J connectivity index is 2.26. The van der Waals surface area contributed by atoms with Gasteiger partial charge in [-0.25, -0.2) is 18.5 Å². The van der Waals surface area contributed by atoms with Gasteiger partial charge >= 0.3 is 0 Å². The number of rotatable bonds is 3. The van der Waals surface area contributed by atoms with Gasteiger partial charge in [0.1, 0.15) is 5.69 Å². The van der Waals surface area contributed by atoms with Gasteiger partial charge in [-0.15, -0.1) is 0 Å². The smallest absolute Gasteiger partial charge is 0.238 e. The Morgan fingerprint density at radius 1 is 1.00 bits per heavy atom. The van der Waals surface area contributed by atoms with Gasteiger partial charge in [-0.1, -0.05) is 36.4 Å². The van der Waals surface area contributed by atoms with E-state index in [1.165, 1.54) is 12.5 Å². The standard InChI is InChI=1S/C16H14N2O3S/c1-11-6-2-3-7-12(11)15-16(21-10-18-15)13-8-4-5-9-14(13)22(17,19)20/h2-10H,1H3,(H2,17,19,20). The molecular weight excluding hydrogens is 300 g/mol. The highest BCUT2D eigenvalue weighted by Gasteiger charge is 2.21. The van der Waals surface area contributed by atoms with Gasteiger partial charge in [0, 0.05) is 11.1 Å². The molecule has 0 atom stereocenters. The zero-order chi connectivity index (χ0) is 15.7. The van der Waals surface area contributed by atoms with Crippen molar-refractivity contribution < 1.29 is 12.8 Å². The first kappa shape index (κ1) is 14.5. The van der Waals surface area contributed by atoms with Crippen LogP contribution in [0.15, 0.2) is 64.2 Å². The molecule has 1 heterocycles. The predicted octanol–water partition coefficient (Wildman–Crippen LogP) is 2.96. The second kappa shape index (κ2) is 5.40. The third kappa shape index (κ3) is 2.54. The molecule has 0 fully saturated rings. The highest BCUT2D eigenvalue weighted by Crippen LogP contribution is 2.35. The third-order valence-corrected chi connectivity index (χ3v) is 4.37. The molecular formula is C16H14N2O3S. The molecule has 5 nitrogen and oxygen atoms in total. The molecule has 3 rings (SSSR count). The number of nitrogens with two attached hydrogens (primary N) is 1. The monoisotopic (exact) mass is 314 g/mol. The molecule has 22 heavy (non-hydrogen) atoms.